The van der Waals surface area contributed by atoms with E-state index in [1.54, 1.807) is 6.26 Å². The van der Waals surface area contributed by atoms with E-state index in [9.17, 15) is 4.79 Å². The number of furan rings is 1. The lowest BCUT2D eigenvalue weighted by atomic mass is 10.3. The van der Waals surface area contributed by atoms with Gasteiger partial charge in [0.1, 0.15) is 12.4 Å². The number of hydrogen-bond donors (Lipinski definition) is 2. The van der Waals surface area contributed by atoms with Gasteiger partial charge in [-0.05, 0) is 18.6 Å². The van der Waals surface area contributed by atoms with Gasteiger partial charge in [0.15, 0.2) is 0 Å². The molecular formula is C14H23N3O3. The summed E-state index contributed by atoms with van der Waals surface area (Å²) in [7, 11) is 0. The summed E-state index contributed by atoms with van der Waals surface area (Å²) in [5.41, 5.74) is 0. The summed E-state index contributed by atoms with van der Waals surface area (Å²) in [6.07, 6.45) is 2.45. The quantitative estimate of drug-likeness (QED) is 0.667. The molecule has 112 valence electrons. The number of carbonyl (C=O) groups is 1. The minimum atomic E-state index is 0.0953. The number of piperazine rings is 1. The summed E-state index contributed by atoms with van der Waals surface area (Å²) in [6, 6.07) is 3.73. The molecule has 2 N–H and O–H groups in total. The van der Waals surface area contributed by atoms with Gasteiger partial charge in [-0.15, -0.1) is 0 Å². The maximum absolute atomic E-state index is 11.7. The van der Waals surface area contributed by atoms with Crippen molar-refractivity contribution in [2.75, 3.05) is 45.9 Å². The van der Waals surface area contributed by atoms with Crippen LogP contribution in [0.3, 0.4) is 0 Å². The molecule has 0 aromatic carbocycles. The van der Waals surface area contributed by atoms with Crippen molar-refractivity contribution >= 4 is 5.91 Å². The van der Waals surface area contributed by atoms with Crippen LogP contribution >= 0.6 is 0 Å². The van der Waals surface area contributed by atoms with Crippen molar-refractivity contribution in [1.82, 2.24) is 15.5 Å². The van der Waals surface area contributed by atoms with Crippen LogP contribution in [0.2, 0.25) is 0 Å². The predicted molar refractivity (Wildman–Crippen MR) is 75.3 cm³/mol. The van der Waals surface area contributed by atoms with Crippen molar-refractivity contribution in [2.24, 2.45) is 0 Å². The molecule has 20 heavy (non-hydrogen) atoms. The van der Waals surface area contributed by atoms with Crippen LogP contribution in [-0.4, -0.2) is 56.7 Å². The smallest absolute Gasteiger partial charge is 0.234 e. The Morgan fingerprint density at radius 1 is 1.45 bits per heavy atom. The maximum atomic E-state index is 11.7. The zero-order valence-electron chi connectivity index (χ0n) is 11.8. The third kappa shape index (κ3) is 5.73. The minimum Gasteiger partial charge on any atom is -0.467 e. The maximum Gasteiger partial charge on any atom is 0.234 e. The molecule has 1 fully saturated rings. The summed E-state index contributed by atoms with van der Waals surface area (Å²) in [5.74, 6) is 0.922. The molecule has 1 aromatic heterocycles. The fourth-order valence-corrected chi connectivity index (χ4v) is 2.10. The number of nitrogens with zero attached hydrogens (tertiary/aromatic N) is 1. The highest BCUT2D eigenvalue weighted by molar-refractivity contribution is 5.77. The molecule has 0 unspecified atom stereocenters. The SMILES string of the molecule is O=C(CN1CCNCC1)NCCCOCc1ccco1. The molecule has 1 aromatic rings. The number of rotatable bonds is 8. The second kappa shape index (κ2) is 8.73. The third-order valence-corrected chi connectivity index (χ3v) is 3.19. The van der Waals surface area contributed by atoms with Crippen molar-refractivity contribution in [3.05, 3.63) is 24.2 Å². The van der Waals surface area contributed by atoms with E-state index in [0.29, 0.717) is 26.3 Å². The monoisotopic (exact) mass is 281 g/mol. The van der Waals surface area contributed by atoms with Gasteiger partial charge in [-0.3, -0.25) is 9.69 Å². The van der Waals surface area contributed by atoms with Crippen molar-refractivity contribution in [3.8, 4) is 0 Å². The Labute approximate surface area is 119 Å². The van der Waals surface area contributed by atoms with Crippen LogP contribution in [-0.2, 0) is 16.1 Å². The second-order valence-electron chi connectivity index (χ2n) is 4.86. The molecule has 0 radical (unpaired) electrons. The Bertz CT molecular complexity index is 375. The highest BCUT2D eigenvalue weighted by atomic mass is 16.5. The van der Waals surface area contributed by atoms with Gasteiger partial charge >= 0.3 is 0 Å². The van der Waals surface area contributed by atoms with Gasteiger partial charge in [-0.2, -0.15) is 0 Å². The lowest BCUT2D eigenvalue weighted by molar-refractivity contribution is -0.122. The normalized spacial score (nSPS) is 16.2. The molecule has 0 saturated carbocycles. The first-order valence-electron chi connectivity index (χ1n) is 7.14. The summed E-state index contributed by atoms with van der Waals surface area (Å²) >= 11 is 0. The van der Waals surface area contributed by atoms with E-state index in [-0.39, 0.29) is 5.91 Å². The lowest BCUT2D eigenvalue weighted by Crippen LogP contribution is -2.47. The fraction of sp³-hybridized carbons (Fsp3) is 0.643. The summed E-state index contributed by atoms with van der Waals surface area (Å²) in [5, 5.41) is 6.19. The molecule has 6 nitrogen and oxygen atoms in total. The molecule has 0 bridgehead atoms. The average molecular weight is 281 g/mol. The van der Waals surface area contributed by atoms with Crippen LogP contribution in [0.25, 0.3) is 0 Å². The van der Waals surface area contributed by atoms with Crippen LogP contribution in [0.15, 0.2) is 22.8 Å². The first-order chi connectivity index (χ1) is 9.84. The summed E-state index contributed by atoms with van der Waals surface area (Å²) < 4.78 is 10.6. The molecule has 6 heteroatoms. The van der Waals surface area contributed by atoms with Crippen LogP contribution in [0.5, 0.6) is 0 Å². The van der Waals surface area contributed by atoms with Gasteiger partial charge in [0.25, 0.3) is 0 Å². The number of hydrogen-bond acceptors (Lipinski definition) is 5. The zero-order valence-corrected chi connectivity index (χ0v) is 11.8. The fourth-order valence-electron chi connectivity index (χ4n) is 2.10. The Morgan fingerprint density at radius 2 is 2.30 bits per heavy atom. The molecule has 2 rings (SSSR count). The summed E-state index contributed by atoms with van der Waals surface area (Å²) in [6.45, 7) is 6.08. The number of ether oxygens (including phenoxy) is 1. The molecule has 0 spiro atoms. The van der Waals surface area contributed by atoms with Gasteiger partial charge < -0.3 is 19.8 Å². The average Bonchev–Trinajstić information content (AvgIpc) is 2.97. The van der Waals surface area contributed by atoms with E-state index in [1.807, 2.05) is 12.1 Å². The van der Waals surface area contributed by atoms with E-state index in [1.165, 1.54) is 0 Å². The summed E-state index contributed by atoms with van der Waals surface area (Å²) in [4.78, 5) is 13.9. The molecule has 1 saturated heterocycles. The zero-order chi connectivity index (χ0) is 14.0. The van der Waals surface area contributed by atoms with Crippen molar-refractivity contribution in [1.29, 1.82) is 0 Å². The van der Waals surface area contributed by atoms with Crippen LogP contribution in [0, 0.1) is 0 Å². The minimum absolute atomic E-state index is 0.0953. The van der Waals surface area contributed by atoms with E-state index in [0.717, 1.165) is 38.4 Å². The standard InChI is InChI=1S/C14H23N3O3/c18-14(11-17-7-5-15-6-8-17)16-4-2-9-19-12-13-3-1-10-20-13/h1,3,10,15H,2,4-9,11-12H2,(H,16,18). The molecule has 2 heterocycles. The van der Waals surface area contributed by atoms with Gasteiger partial charge in [0.2, 0.25) is 5.91 Å². The molecule has 0 atom stereocenters. The van der Waals surface area contributed by atoms with Crippen LogP contribution < -0.4 is 10.6 Å². The number of carbonyl (C=O) groups excluding carboxylic acids is 1. The van der Waals surface area contributed by atoms with E-state index in [2.05, 4.69) is 15.5 Å². The Balaban J connectivity index is 1.45. The third-order valence-electron chi connectivity index (χ3n) is 3.19. The Kier molecular flexibility index (Phi) is 6.56. The molecule has 0 aliphatic carbocycles. The molecule has 1 amide bonds. The van der Waals surface area contributed by atoms with Crippen molar-refractivity contribution in [3.63, 3.8) is 0 Å². The van der Waals surface area contributed by atoms with Crippen molar-refractivity contribution in [2.45, 2.75) is 13.0 Å². The first-order valence-corrected chi connectivity index (χ1v) is 7.14. The Morgan fingerprint density at radius 3 is 3.05 bits per heavy atom. The molecular weight excluding hydrogens is 258 g/mol. The molecule has 1 aliphatic heterocycles. The molecule has 1 aliphatic rings. The van der Waals surface area contributed by atoms with E-state index >= 15 is 0 Å². The highest BCUT2D eigenvalue weighted by Gasteiger charge is 2.12. The number of amides is 1. The van der Waals surface area contributed by atoms with E-state index in [4.69, 9.17) is 9.15 Å². The lowest BCUT2D eigenvalue weighted by Gasteiger charge is -2.26. The van der Waals surface area contributed by atoms with Gasteiger partial charge in [-0.25, -0.2) is 0 Å². The van der Waals surface area contributed by atoms with Crippen LogP contribution in [0.1, 0.15) is 12.2 Å². The van der Waals surface area contributed by atoms with Gasteiger partial charge in [-0.1, -0.05) is 0 Å². The van der Waals surface area contributed by atoms with Gasteiger partial charge in [0.05, 0.1) is 12.8 Å². The largest absolute Gasteiger partial charge is 0.467 e. The van der Waals surface area contributed by atoms with Gasteiger partial charge in [0, 0.05) is 39.3 Å². The van der Waals surface area contributed by atoms with Crippen LogP contribution in [0.4, 0.5) is 0 Å². The predicted octanol–water partition coefficient (Wildman–Crippen LogP) is 0.208. The van der Waals surface area contributed by atoms with Crippen molar-refractivity contribution < 1.29 is 13.9 Å². The second-order valence-corrected chi connectivity index (χ2v) is 4.86. The topological polar surface area (TPSA) is 66.7 Å². The number of nitrogens with one attached hydrogen (secondary N) is 2. The Hall–Kier alpha value is -1.37. The first kappa shape index (κ1) is 15.0. The van der Waals surface area contributed by atoms with E-state index < -0.39 is 0 Å². The highest BCUT2D eigenvalue weighted by Crippen LogP contribution is 2.01.